The molecule has 1 atom stereocenters. The molecule has 2 aliphatic heterocycles. The minimum Gasteiger partial charge on any atom is -0.342 e. The molecule has 1 aromatic carbocycles. The van der Waals surface area contributed by atoms with Crippen LogP contribution in [0.3, 0.4) is 0 Å². The van der Waals surface area contributed by atoms with E-state index in [2.05, 4.69) is 16.3 Å². The average molecular weight is 370 g/mol. The van der Waals surface area contributed by atoms with Crippen molar-refractivity contribution in [2.75, 3.05) is 31.5 Å². The molecule has 27 heavy (non-hydrogen) atoms. The van der Waals surface area contributed by atoms with Crippen LogP contribution in [0.5, 0.6) is 0 Å². The summed E-state index contributed by atoms with van der Waals surface area (Å²) in [5.41, 5.74) is 3.26. The summed E-state index contributed by atoms with van der Waals surface area (Å²) in [5.74, 6) is 1.03. The van der Waals surface area contributed by atoms with E-state index in [1.165, 1.54) is 12.8 Å². The number of piperidine rings is 2. The maximum Gasteiger partial charge on any atom is 0.321 e. The van der Waals surface area contributed by atoms with Gasteiger partial charge in [0, 0.05) is 43.7 Å². The highest BCUT2D eigenvalue weighted by Crippen LogP contribution is 2.40. The highest BCUT2D eigenvalue weighted by atomic mass is 16.2. The molecule has 3 amide bonds. The summed E-state index contributed by atoms with van der Waals surface area (Å²) in [6, 6.07) is 6.13. The Morgan fingerprint density at radius 1 is 1.15 bits per heavy atom. The number of aryl methyl sites for hydroxylation is 2. The number of hydrogen-bond donors (Lipinski definition) is 1. The van der Waals surface area contributed by atoms with E-state index in [1.807, 2.05) is 30.9 Å². The highest BCUT2D eigenvalue weighted by Gasteiger charge is 2.43. The van der Waals surface area contributed by atoms with Crippen LogP contribution in [0.1, 0.15) is 49.7 Å². The van der Waals surface area contributed by atoms with Crippen molar-refractivity contribution in [2.24, 2.45) is 11.3 Å². The van der Waals surface area contributed by atoms with Gasteiger partial charge in [-0.05, 0) is 75.1 Å². The standard InChI is InChI=1S/C22H31N3O2/c1-16-10-17(2)12-19(11-16)23-21(27)24-9-3-7-22(14-24)8-6-20(26)25(15-22)13-18-4-5-18/h10-12,18H,3-9,13-15H2,1-2H3,(H,23,27)/t22-/m0/s1. The van der Waals surface area contributed by atoms with Crippen molar-refractivity contribution in [1.82, 2.24) is 9.80 Å². The quantitative estimate of drug-likeness (QED) is 0.877. The fourth-order valence-corrected chi connectivity index (χ4v) is 4.84. The predicted octanol–water partition coefficient (Wildman–Crippen LogP) is 3.95. The van der Waals surface area contributed by atoms with E-state index in [-0.39, 0.29) is 11.4 Å². The predicted molar refractivity (Wildman–Crippen MR) is 107 cm³/mol. The molecule has 146 valence electrons. The zero-order chi connectivity index (χ0) is 19.0. The normalized spacial score (nSPS) is 25.8. The topological polar surface area (TPSA) is 52.7 Å². The molecular weight excluding hydrogens is 338 g/mol. The van der Waals surface area contributed by atoms with Gasteiger partial charge in [-0.2, -0.15) is 0 Å². The van der Waals surface area contributed by atoms with Crippen LogP contribution in [0, 0.1) is 25.2 Å². The summed E-state index contributed by atoms with van der Waals surface area (Å²) in [6.45, 7) is 7.41. The largest absolute Gasteiger partial charge is 0.342 e. The number of rotatable bonds is 3. The molecule has 3 aliphatic rings. The Kier molecular flexibility index (Phi) is 4.87. The summed E-state index contributed by atoms with van der Waals surface area (Å²) in [7, 11) is 0. The van der Waals surface area contributed by atoms with E-state index in [9.17, 15) is 9.59 Å². The van der Waals surface area contributed by atoms with Gasteiger partial charge in [-0.25, -0.2) is 4.79 Å². The second-order valence-electron chi connectivity index (χ2n) is 9.05. The fraction of sp³-hybridized carbons (Fsp3) is 0.636. The first-order chi connectivity index (χ1) is 12.9. The van der Waals surface area contributed by atoms with Gasteiger partial charge in [-0.3, -0.25) is 4.79 Å². The van der Waals surface area contributed by atoms with Gasteiger partial charge in [-0.1, -0.05) is 6.07 Å². The van der Waals surface area contributed by atoms with Gasteiger partial charge in [0.25, 0.3) is 0 Å². The number of nitrogens with one attached hydrogen (secondary N) is 1. The molecule has 0 unspecified atom stereocenters. The van der Waals surface area contributed by atoms with Gasteiger partial charge in [0.15, 0.2) is 0 Å². The molecular formula is C22H31N3O2. The zero-order valence-corrected chi connectivity index (χ0v) is 16.6. The molecule has 1 N–H and O–H groups in total. The molecule has 0 radical (unpaired) electrons. The number of urea groups is 1. The van der Waals surface area contributed by atoms with Crippen LogP contribution in [0.4, 0.5) is 10.5 Å². The van der Waals surface area contributed by atoms with Gasteiger partial charge in [-0.15, -0.1) is 0 Å². The van der Waals surface area contributed by atoms with Gasteiger partial charge >= 0.3 is 6.03 Å². The van der Waals surface area contributed by atoms with Crippen molar-refractivity contribution in [1.29, 1.82) is 0 Å². The Morgan fingerprint density at radius 2 is 1.89 bits per heavy atom. The monoisotopic (exact) mass is 369 g/mol. The molecule has 1 aromatic rings. The molecule has 1 saturated carbocycles. The first-order valence-corrected chi connectivity index (χ1v) is 10.3. The van der Waals surface area contributed by atoms with Crippen molar-refractivity contribution >= 4 is 17.6 Å². The van der Waals surface area contributed by atoms with Crippen molar-refractivity contribution in [2.45, 2.75) is 52.4 Å². The van der Waals surface area contributed by atoms with E-state index in [4.69, 9.17) is 0 Å². The lowest BCUT2D eigenvalue weighted by Gasteiger charge is -2.48. The number of hydrogen-bond acceptors (Lipinski definition) is 2. The van der Waals surface area contributed by atoms with Crippen LogP contribution in [0.15, 0.2) is 18.2 Å². The van der Waals surface area contributed by atoms with Gasteiger partial charge in [0.2, 0.25) is 5.91 Å². The number of benzene rings is 1. The highest BCUT2D eigenvalue weighted by molar-refractivity contribution is 5.89. The van der Waals surface area contributed by atoms with Gasteiger partial charge < -0.3 is 15.1 Å². The summed E-state index contributed by atoms with van der Waals surface area (Å²) in [6.07, 6.45) is 6.22. The number of carbonyl (C=O) groups is 2. The lowest BCUT2D eigenvalue weighted by molar-refractivity contribution is -0.139. The van der Waals surface area contributed by atoms with E-state index < -0.39 is 0 Å². The molecule has 3 fully saturated rings. The Balaban J connectivity index is 1.42. The molecule has 5 heteroatoms. The second-order valence-corrected chi connectivity index (χ2v) is 9.05. The van der Waals surface area contributed by atoms with Crippen LogP contribution < -0.4 is 5.32 Å². The van der Waals surface area contributed by atoms with Crippen molar-refractivity contribution < 1.29 is 9.59 Å². The third-order valence-corrected chi connectivity index (χ3v) is 6.35. The summed E-state index contributed by atoms with van der Waals surface area (Å²) >= 11 is 0. The van der Waals surface area contributed by atoms with Crippen LogP contribution in [-0.4, -0.2) is 47.9 Å². The molecule has 5 nitrogen and oxygen atoms in total. The minimum absolute atomic E-state index is 0.00952. The number of likely N-dealkylation sites (tertiary alicyclic amines) is 2. The van der Waals surface area contributed by atoms with E-state index in [0.717, 1.165) is 68.2 Å². The Morgan fingerprint density at radius 3 is 2.59 bits per heavy atom. The number of anilines is 1. The van der Waals surface area contributed by atoms with Crippen molar-refractivity contribution in [3.63, 3.8) is 0 Å². The summed E-state index contributed by atoms with van der Waals surface area (Å²) in [4.78, 5) is 29.3. The van der Waals surface area contributed by atoms with Crippen LogP contribution in [0.25, 0.3) is 0 Å². The number of amides is 3. The second kappa shape index (κ2) is 7.17. The van der Waals surface area contributed by atoms with Crippen molar-refractivity contribution in [3.05, 3.63) is 29.3 Å². The maximum atomic E-state index is 12.9. The van der Waals surface area contributed by atoms with Crippen LogP contribution in [0.2, 0.25) is 0 Å². The van der Waals surface area contributed by atoms with Crippen LogP contribution >= 0.6 is 0 Å². The zero-order valence-electron chi connectivity index (χ0n) is 16.6. The van der Waals surface area contributed by atoms with Crippen LogP contribution in [-0.2, 0) is 4.79 Å². The molecule has 2 heterocycles. The first kappa shape index (κ1) is 18.3. The summed E-state index contributed by atoms with van der Waals surface area (Å²) in [5, 5.41) is 3.08. The smallest absolute Gasteiger partial charge is 0.321 e. The molecule has 0 bridgehead atoms. The Hall–Kier alpha value is -2.04. The number of nitrogens with zero attached hydrogens (tertiary/aromatic N) is 2. The lowest BCUT2D eigenvalue weighted by Crippen LogP contribution is -2.56. The number of carbonyl (C=O) groups excluding carboxylic acids is 2. The minimum atomic E-state index is -0.00952. The van der Waals surface area contributed by atoms with Gasteiger partial charge in [0.05, 0.1) is 0 Å². The fourth-order valence-electron chi connectivity index (χ4n) is 4.84. The van der Waals surface area contributed by atoms with E-state index >= 15 is 0 Å². The SMILES string of the molecule is Cc1cc(C)cc(NC(=O)N2CCC[C@]3(CCC(=O)N(CC4CC4)C3)C2)c1. The Labute approximate surface area is 162 Å². The molecule has 4 rings (SSSR count). The molecule has 1 spiro atoms. The van der Waals surface area contributed by atoms with E-state index in [0.29, 0.717) is 12.3 Å². The molecule has 0 aromatic heterocycles. The van der Waals surface area contributed by atoms with E-state index in [1.54, 1.807) is 0 Å². The third kappa shape index (κ3) is 4.28. The average Bonchev–Trinajstić information content (AvgIpc) is 3.42. The van der Waals surface area contributed by atoms with Gasteiger partial charge in [0.1, 0.15) is 0 Å². The molecule has 1 aliphatic carbocycles. The maximum absolute atomic E-state index is 12.9. The third-order valence-electron chi connectivity index (χ3n) is 6.35. The van der Waals surface area contributed by atoms with Crippen molar-refractivity contribution in [3.8, 4) is 0 Å². The molecule has 2 saturated heterocycles. The summed E-state index contributed by atoms with van der Waals surface area (Å²) < 4.78 is 0. The first-order valence-electron chi connectivity index (χ1n) is 10.3. The Bertz CT molecular complexity index is 723. The lowest BCUT2D eigenvalue weighted by atomic mass is 9.73.